The van der Waals surface area contributed by atoms with Crippen LogP contribution in [0.15, 0.2) is 22.7 Å². The predicted molar refractivity (Wildman–Crippen MR) is 74.2 cm³/mol. The van der Waals surface area contributed by atoms with Gasteiger partial charge in [0.05, 0.1) is 4.47 Å². The zero-order valence-corrected chi connectivity index (χ0v) is 12.2. The molecule has 1 aliphatic rings. The van der Waals surface area contributed by atoms with Gasteiger partial charge in [0.15, 0.2) is 0 Å². The smallest absolute Gasteiger partial charge is 0.137 e. The van der Waals surface area contributed by atoms with Crippen LogP contribution in [0.2, 0.25) is 0 Å². The third-order valence-electron chi connectivity index (χ3n) is 3.13. The molecular weight excluding hydrogens is 307 g/mol. The van der Waals surface area contributed by atoms with Crippen molar-refractivity contribution in [3.63, 3.8) is 0 Å². The fourth-order valence-corrected chi connectivity index (χ4v) is 2.70. The van der Waals surface area contributed by atoms with Gasteiger partial charge in [-0.25, -0.2) is 4.39 Å². The highest BCUT2D eigenvalue weighted by Crippen LogP contribution is 2.29. The molecule has 1 aromatic rings. The second kappa shape index (κ2) is 6.69. The topological polar surface area (TPSA) is 15.3 Å². The fourth-order valence-electron chi connectivity index (χ4n) is 2.11. The third-order valence-corrected chi connectivity index (χ3v) is 3.97. The van der Waals surface area contributed by atoms with Crippen LogP contribution in [0, 0.1) is 5.82 Å². The zero-order chi connectivity index (χ0) is 11.5. The number of nitrogens with zero attached hydrogens (tertiary/aromatic N) is 1. The van der Waals surface area contributed by atoms with Crippen LogP contribution in [-0.2, 0) is 0 Å². The summed E-state index contributed by atoms with van der Waals surface area (Å²) in [4.78, 5) is 2.37. The average molecular weight is 324 g/mol. The Morgan fingerprint density at radius 1 is 1.35 bits per heavy atom. The van der Waals surface area contributed by atoms with Crippen molar-refractivity contribution in [2.24, 2.45) is 0 Å². The van der Waals surface area contributed by atoms with Crippen molar-refractivity contribution in [1.29, 1.82) is 0 Å². The Hall–Kier alpha value is -0.160. The van der Waals surface area contributed by atoms with Crippen LogP contribution in [0.4, 0.5) is 4.39 Å². The van der Waals surface area contributed by atoms with E-state index in [9.17, 15) is 4.39 Å². The molecule has 0 aliphatic carbocycles. The molecule has 17 heavy (non-hydrogen) atoms. The minimum atomic E-state index is -0.181. The Labute approximate surface area is 116 Å². The van der Waals surface area contributed by atoms with Crippen molar-refractivity contribution >= 4 is 28.3 Å². The van der Waals surface area contributed by atoms with E-state index in [1.54, 1.807) is 6.07 Å². The number of nitrogens with one attached hydrogen (secondary N) is 1. The Bertz CT molecular complexity index is 370. The molecule has 1 aliphatic heterocycles. The Morgan fingerprint density at radius 2 is 2.00 bits per heavy atom. The van der Waals surface area contributed by atoms with Gasteiger partial charge in [-0.05, 0) is 34.5 Å². The van der Waals surface area contributed by atoms with Gasteiger partial charge in [0.25, 0.3) is 0 Å². The van der Waals surface area contributed by atoms with Crippen LogP contribution >= 0.6 is 28.3 Å². The van der Waals surface area contributed by atoms with Crippen molar-refractivity contribution < 1.29 is 4.39 Å². The number of hydrogen-bond donors (Lipinski definition) is 1. The highest BCUT2D eigenvalue weighted by Gasteiger charge is 2.20. The summed E-state index contributed by atoms with van der Waals surface area (Å²) < 4.78 is 14.0. The molecule has 0 aromatic heterocycles. The van der Waals surface area contributed by atoms with E-state index in [0.29, 0.717) is 4.47 Å². The van der Waals surface area contributed by atoms with Crippen molar-refractivity contribution in [3.8, 4) is 0 Å². The lowest BCUT2D eigenvalue weighted by Crippen LogP contribution is -2.44. The summed E-state index contributed by atoms with van der Waals surface area (Å²) in [5.74, 6) is -0.181. The molecule has 1 saturated heterocycles. The maximum absolute atomic E-state index is 13.4. The predicted octanol–water partition coefficient (Wildman–Crippen LogP) is 2.98. The number of rotatable bonds is 2. The second-order valence-corrected chi connectivity index (χ2v) is 4.90. The highest BCUT2D eigenvalue weighted by molar-refractivity contribution is 9.10. The van der Waals surface area contributed by atoms with Crippen molar-refractivity contribution in [2.75, 3.05) is 26.2 Å². The van der Waals surface area contributed by atoms with Crippen molar-refractivity contribution in [3.05, 3.63) is 34.1 Å². The summed E-state index contributed by atoms with van der Waals surface area (Å²) in [5, 5.41) is 3.32. The lowest BCUT2D eigenvalue weighted by molar-refractivity contribution is 0.185. The first-order chi connectivity index (χ1) is 7.70. The van der Waals surface area contributed by atoms with E-state index in [2.05, 4.69) is 33.1 Å². The van der Waals surface area contributed by atoms with Gasteiger partial charge in [0.2, 0.25) is 0 Å². The Morgan fingerprint density at radius 3 is 2.65 bits per heavy atom. The lowest BCUT2D eigenvalue weighted by atomic mass is 10.1. The van der Waals surface area contributed by atoms with Crippen molar-refractivity contribution in [1.82, 2.24) is 10.2 Å². The molecule has 0 unspecified atom stereocenters. The summed E-state index contributed by atoms with van der Waals surface area (Å²) in [6.07, 6.45) is 0. The van der Waals surface area contributed by atoms with E-state index in [0.717, 1.165) is 31.7 Å². The van der Waals surface area contributed by atoms with Gasteiger partial charge in [-0.2, -0.15) is 0 Å². The molecule has 0 amide bonds. The van der Waals surface area contributed by atoms with E-state index < -0.39 is 0 Å². The monoisotopic (exact) mass is 322 g/mol. The van der Waals surface area contributed by atoms with E-state index in [1.165, 1.54) is 6.07 Å². The quantitative estimate of drug-likeness (QED) is 0.900. The lowest BCUT2D eigenvalue weighted by Gasteiger charge is -2.33. The molecule has 2 rings (SSSR count). The highest BCUT2D eigenvalue weighted by atomic mass is 79.9. The molecule has 96 valence electrons. The normalized spacial score (nSPS) is 18.5. The third kappa shape index (κ3) is 3.41. The number of piperazine rings is 1. The van der Waals surface area contributed by atoms with Crippen LogP contribution in [-0.4, -0.2) is 31.1 Å². The van der Waals surface area contributed by atoms with Crippen LogP contribution in [0.1, 0.15) is 18.5 Å². The molecule has 2 nitrogen and oxygen atoms in total. The molecule has 0 bridgehead atoms. The zero-order valence-electron chi connectivity index (χ0n) is 9.75. The summed E-state index contributed by atoms with van der Waals surface area (Å²) in [6, 6.07) is 5.50. The maximum Gasteiger partial charge on any atom is 0.137 e. The summed E-state index contributed by atoms with van der Waals surface area (Å²) >= 11 is 3.33. The molecule has 0 spiro atoms. The molecule has 0 saturated carbocycles. The SMILES string of the molecule is C[C@H](c1cccc(F)c1Br)N1CCNCC1.Cl. The number of hydrogen-bond acceptors (Lipinski definition) is 2. The van der Waals surface area contributed by atoms with Crippen LogP contribution in [0.5, 0.6) is 0 Å². The number of halogens is 3. The first kappa shape index (κ1) is 14.9. The van der Waals surface area contributed by atoms with Gasteiger partial charge < -0.3 is 5.32 Å². The number of benzene rings is 1. The Balaban J connectivity index is 0.00000144. The first-order valence-electron chi connectivity index (χ1n) is 5.59. The van der Waals surface area contributed by atoms with Gasteiger partial charge in [-0.1, -0.05) is 12.1 Å². The van der Waals surface area contributed by atoms with Gasteiger partial charge in [0, 0.05) is 32.2 Å². The molecule has 1 aromatic carbocycles. The first-order valence-corrected chi connectivity index (χ1v) is 6.38. The van der Waals surface area contributed by atoms with Gasteiger partial charge >= 0.3 is 0 Å². The maximum atomic E-state index is 13.4. The van der Waals surface area contributed by atoms with Crippen LogP contribution < -0.4 is 5.32 Å². The Kier molecular flexibility index (Phi) is 5.86. The molecule has 1 N–H and O–H groups in total. The average Bonchev–Trinajstić information content (AvgIpc) is 2.33. The molecule has 1 fully saturated rings. The van der Waals surface area contributed by atoms with E-state index in [1.807, 2.05) is 6.07 Å². The van der Waals surface area contributed by atoms with E-state index in [-0.39, 0.29) is 24.3 Å². The van der Waals surface area contributed by atoms with E-state index >= 15 is 0 Å². The van der Waals surface area contributed by atoms with Gasteiger partial charge in [0.1, 0.15) is 5.82 Å². The molecule has 0 radical (unpaired) electrons. The molecular formula is C12H17BrClFN2. The van der Waals surface area contributed by atoms with Gasteiger partial charge in [-0.15, -0.1) is 12.4 Å². The molecule has 1 heterocycles. The summed E-state index contributed by atoms with van der Waals surface area (Å²) in [7, 11) is 0. The van der Waals surface area contributed by atoms with Crippen LogP contribution in [0.25, 0.3) is 0 Å². The molecule has 1 atom stereocenters. The standard InChI is InChI=1S/C12H16BrFN2.ClH/c1-9(16-7-5-15-6-8-16)10-3-2-4-11(14)12(10)13;/h2-4,9,15H,5-8H2,1H3;1H/t9-;/m1./s1. The second-order valence-electron chi connectivity index (χ2n) is 4.10. The van der Waals surface area contributed by atoms with Crippen molar-refractivity contribution in [2.45, 2.75) is 13.0 Å². The minimum absolute atomic E-state index is 0. The fraction of sp³-hybridized carbons (Fsp3) is 0.500. The molecule has 5 heteroatoms. The minimum Gasteiger partial charge on any atom is -0.314 e. The van der Waals surface area contributed by atoms with Gasteiger partial charge in [-0.3, -0.25) is 4.90 Å². The van der Waals surface area contributed by atoms with Crippen LogP contribution in [0.3, 0.4) is 0 Å². The summed E-state index contributed by atoms with van der Waals surface area (Å²) in [6.45, 7) is 6.19. The largest absolute Gasteiger partial charge is 0.314 e. The van der Waals surface area contributed by atoms with E-state index in [4.69, 9.17) is 0 Å². The summed E-state index contributed by atoms with van der Waals surface area (Å²) in [5.41, 5.74) is 1.03.